The summed E-state index contributed by atoms with van der Waals surface area (Å²) in [6, 6.07) is 4.25. The predicted octanol–water partition coefficient (Wildman–Crippen LogP) is 4.28. The molecule has 2 heterocycles. The van der Waals surface area contributed by atoms with Crippen LogP contribution in [0.5, 0.6) is 5.75 Å². The third kappa shape index (κ3) is 5.65. The van der Waals surface area contributed by atoms with Crippen molar-refractivity contribution in [2.45, 2.75) is 38.7 Å². The number of rotatable bonds is 7. The van der Waals surface area contributed by atoms with Gasteiger partial charge in [0.1, 0.15) is 33.4 Å². The summed E-state index contributed by atoms with van der Waals surface area (Å²) in [7, 11) is -0.401. The van der Waals surface area contributed by atoms with E-state index in [-0.39, 0.29) is 12.0 Å². The Morgan fingerprint density at radius 3 is 2.64 bits per heavy atom. The Morgan fingerprint density at radius 2 is 1.97 bits per heavy atom. The van der Waals surface area contributed by atoms with Crippen LogP contribution >= 0.6 is 11.3 Å². The number of nitrogens with zero attached hydrogens (tertiary/aromatic N) is 3. The molecule has 0 radical (unpaired) electrons. The minimum absolute atomic E-state index is 0.134. The van der Waals surface area contributed by atoms with Gasteiger partial charge in [-0.1, -0.05) is 0 Å². The van der Waals surface area contributed by atoms with Crippen molar-refractivity contribution >= 4 is 55.3 Å². The summed E-state index contributed by atoms with van der Waals surface area (Å²) in [6.45, 7) is 1.80. The molecule has 3 aromatic rings. The molecule has 12 heteroatoms. The highest BCUT2D eigenvalue weighted by Crippen LogP contribution is 2.37. The zero-order valence-electron chi connectivity index (χ0n) is 20.4. The molecule has 1 aliphatic carbocycles. The van der Waals surface area contributed by atoms with E-state index in [1.54, 1.807) is 19.2 Å². The maximum absolute atomic E-state index is 14.2. The number of hydrogen-bond acceptors (Lipinski definition) is 9. The molecule has 9 nitrogen and oxygen atoms in total. The number of ether oxygens (including phenoxy) is 2. The minimum Gasteiger partial charge on any atom is -0.488 e. The first-order chi connectivity index (χ1) is 17.1. The number of benzene rings is 1. The fraction of sp³-hybridized carbons (Fsp3) is 0.417. The van der Waals surface area contributed by atoms with Crippen molar-refractivity contribution in [1.82, 2.24) is 9.97 Å². The Labute approximate surface area is 213 Å². The molecule has 0 amide bonds. The van der Waals surface area contributed by atoms with E-state index in [4.69, 9.17) is 9.47 Å². The smallest absolute Gasteiger partial charge is 0.361 e. The van der Waals surface area contributed by atoms with Crippen LogP contribution in [0.15, 0.2) is 24.5 Å². The van der Waals surface area contributed by atoms with Crippen LogP contribution in [-0.2, 0) is 14.8 Å². The highest BCUT2D eigenvalue weighted by Gasteiger charge is 2.26. The standard InChI is InChI=1S/C24H27FN4O5S2/c1-14-20-22(26-13-27-23(20)35-21(14)24(30)33-3)28-18-10-7-16(25)11-19(18)34-17-8-5-15(6-9-17)12-29(2)36(4,31)32/h7,10-13,15,17H,5-6,8-9H2,1-4H3/p+1. The van der Waals surface area contributed by atoms with Gasteiger partial charge in [0.2, 0.25) is 0 Å². The van der Waals surface area contributed by atoms with Crippen molar-refractivity contribution < 1.29 is 31.1 Å². The molecule has 36 heavy (non-hydrogen) atoms. The lowest BCUT2D eigenvalue weighted by Crippen LogP contribution is -2.28. The molecular formula is C24H28FN4O5S2+. The summed E-state index contributed by atoms with van der Waals surface area (Å²) in [5.41, 5.74) is 1.23. The number of carbonyl (C=O) groups excluding carboxylic acids is 1. The maximum Gasteiger partial charge on any atom is 0.361 e. The first kappa shape index (κ1) is 26.0. The number of nitrogens with one attached hydrogen (secondary N) is 1. The number of aromatic nitrogens is 2. The summed E-state index contributed by atoms with van der Waals surface area (Å²) >= 11 is 1.22. The van der Waals surface area contributed by atoms with Gasteiger partial charge in [-0.25, -0.2) is 19.2 Å². The summed E-state index contributed by atoms with van der Waals surface area (Å²) in [4.78, 5) is 21.8. The molecule has 0 bridgehead atoms. The number of carbonyl (C=O) groups is 1. The number of methoxy groups -OCH3 is 1. The van der Waals surface area contributed by atoms with Crippen molar-refractivity contribution in [3.05, 3.63) is 40.8 Å². The molecule has 1 saturated carbocycles. The molecule has 4 rings (SSSR count). The van der Waals surface area contributed by atoms with Crippen LogP contribution in [0.3, 0.4) is 0 Å². The molecule has 0 saturated heterocycles. The molecule has 0 aliphatic heterocycles. The Balaban J connectivity index is 1.55. The van der Waals surface area contributed by atoms with E-state index in [0.29, 0.717) is 50.8 Å². The van der Waals surface area contributed by atoms with Gasteiger partial charge in [-0.05, 0) is 50.3 Å². The van der Waals surface area contributed by atoms with E-state index >= 15 is 0 Å². The number of sulfonamides is 1. The zero-order valence-corrected chi connectivity index (χ0v) is 22.1. The van der Waals surface area contributed by atoms with E-state index in [1.807, 2.05) is 0 Å². The third-order valence-electron chi connectivity index (χ3n) is 6.25. The van der Waals surface area contributed by atoms with Gasteiger partial charge in [-0.2, -0.15) is 8.42 Å². The van der Waals surface area contributed by atoms with Crippen LogP contribution < -0.4 is 10.1 Å². The lowest BCUT2D eigenvalue weighted by Gasteiger charge is -2.27. The summed E-state index contributed by atoms with van der Waals surface area (Å²) in [5.74, 6) is 0.0864. The normalized spacial score (nSPS) is 18.8. The summed E-state index contributed by atoms with van der Waals surface area (Å²) in [6.07, 6.45) is 7.12. The highest BCUT2D eigenvalue weighted by molar-refractivity contribution is 7.84. The van der Waals surface area contributed by atoms with E-state index in [2.05, 4.69) is 15.3 Å². The maximum atomic E-state index is 14.2. The van der Waals surface area contributed by atoms with Crippen LogP contribution in [0.4, 0.5) is 15.9 Å². The average Bonchev–Trinajstić information content (AvgIpc) is 3.18. The van der Waals surface area contributed by atoms with Crippen LogP contribution in [0, 0.1) is 18.7 Å². The second-order valence-electron chi connectivity index (χ2n) is 8.80. The molecule has 192 valence electrons. The third-order valence-corrected chi connectivity index (χ3v) is 8.60. The number of fused-ring (bicyclic) bond motifs is 1. The van der Waals surface area contributed by atoms with Gasteiger partial charge in [0.25, 0.3) is 0 Å². The fourth-order valence-electron chi connectivity index (χ4n) is 4.22. The first-order valence-corrected chi connectivity index (χ1v) is 14.1. The van der Waals surface area contributed by atoms with Crippen molar-refractivity contribution in [2.75, 3.05) is 25.7 Å². The monoisotopic (exact) mass is 535 g/mol. The zero-order chi connectivity index (χ0) is 26.0. The van der Waals surface area contributed by atoms with Crippen molar-refractivity contribution in [3.8, 4) is 5.75 Å². The lowest BCUT2D eigenvalue weighted by atomic mass is 9.88. The van der Waals surface area contributed by atoms with Gasteiger partial charge in [0, 0.05) is 12.0 Å². The summed E-state index contributed by atoms with van der Waals surface area (Å²) in [5, 5.41) is 3.91. The SMILES string of the molecule is COC(=O)c1sc2ncnc(Nc3ccc(F)cc3OC3CCC(C=[N+](C)S(C)(=O)=O)CC3)c2c1C. The van der Waals surface area contributed by atoms with Crippen molar-refractivity contribution in [2.24, 2.45) is 5.92 Å². The Hall–Kier alpha value is -3.12. The van der Waals surface area contributed by atoms with Gasteiger partial charge in [0.15, 0.2) is 13.3 Å². The van der Waals surface area contributed by atoms with Gasteiger partial charge >= 0.3 is 16.0 Å². The second kappa shape index (κ2) is 10.5. The molecule has 0 spiro atoms. The quantitative estimate of drug-likeness (QED) is 0.271. The molecule has 1 aliphatic rings. The number of halogens is 1. The lowest BCUT2D eigenvalue weighted by molar-refractivity contribution is -0.323. The van der Waals surface area contributed by atoms with Gasteiger partial charge < -0.3 is 14.8 Å². The molecule has 1 fully saturated rings. The molecule has 0 atom stereocenters. The first-order valence-electron chi connectivity index (χ1n) is 11.4. The molecule has 1 aromatic carbocycles. The van der Waals surface area contributed by atoms with Gasteiger partial charge in [-0.15, -0.1) is 15.3 Å². The minimum atomic E-state index is -3.27. The number of esters is 1. The highest BCUT2D eigenvalue weighted by atomic mass is 32.2. The van der Waals surface area contributed by atoms with E-state index in [1.165, 1.54) is 54.2 Å². The number of thiophene rings is 1. The average molecular weight is 536 g/mol. The Bertz CT molecular complexity index is 1430. The second-order valence-corrected chi connectivity index (χ2v) is 11.8. The van der Waals surface area contributed by atoms with Crippen molar-refractivity contribution in [3.63, 3.8) is 0 Å². The van der Waals surface area contributed by atoms with Gasteiger partial charge in [-0.3, -0.25) is 0 Å². The number of anilines is 2. The van der Waals surface area contributed by atoms with Crippen LogP contribution in [-0.4, -0.2) is 61.1 Å². The van der Waals surface area contributed by atoms with Crippen LogP contribution in [0.1, 0.15) is 40.9 Å². The topological polar surface area (TPSA) is 110 Å². The molecular weight excluding hydrogens is 507 g/mol. The van der Waals surface area contributed by atoms with Crippen LogP contribution in [0.25, 0.3) is 10.2 Å². The van der Waals surface area contributed by atoms with E-state index in [0.717, 1.165) is 12.8 Å². The van der Waals surface area contributed by atoms with Crippen LogP contribution in [0.2, 0.25) is 0 Å². The Morgan fingerprint density at radius 1 is 1.25 bits per heavy atom. The molecule has 0 unspecified atom stereocenters. The number of hydrogen-bond donors (Lipinski definition) is 1. The fourth-order valence-corrected chi connectivity index (χ4v) is 5.68. The van der Waals surface area contributed by atoms with E-state index in [9.17, 15) is 17.6 Å². The molecule has 1 N–H and O–H groups in total. The number of aryl methyl sites for hydroxylation is 1. The molecule has 2 aromatic heterocycles. The van der Waals surface area contributed by atoms with Crippen molar-refractivity contribution in [1.29, 1.82) is 0 Å². The van der Waals surface area contributed by atoms with E-state index < -0.39 is 21.8 Å². The Kier molecular flexibility index (Phi) is 7.55. The predicted molar refractivity (Wildman–Crippen MR) is 137 cm³/mol. The largest absolute Gasteiger partial charge is 0.488 e. The van der Waals surface area contributed by atoms with Gasteiger partial charge in [0.05, 0.1) is 30.5 Å². The summed E-state index contributed by atoms with van der Waals surface area (Å²) < 4.78 is 49.8.